The predicted molar refractivity (Wildman–Crippen MR) is 154 cm³/mol. The summed E-state index contributed by atoms with van der Waals surface area (Å²) in [6.07, 6.45) is 0.657. The van der Waals surface area contributed by atoms with Gasteiger partial charge in [0.2, 0.25) is 0 Å². The van der Waals surface area contributed by atoms with E-state index in [4.69, 9.17) is 19.9 Å². The third-order valence-corrected chi connectivity index (χ3v) is 7.13. The molecule has 2 saturated heterocycles. The average Bonchev–Trinajstić information content (AvgIpc) is 3.20. The minimum Gasteiger partial charge on any atom is -0.507 e. The highest BCUT2D eigenvalue weighted by Gasteiger charge is 2.46. The molecule has 10 nitrogen and oxygen atoms in total. The summed E-state index contributed by atoms with van der Waals surface area (Å²) in [5.41, 5.74) is 7.03. The molecule has 0 spiro atoms. The monoisotopic (exact) mass is 565 g/mol. The molecule has 41 heavy (non-hydrogen) atoms. The van der Waals surface area contributed by atoms with Crippen molar-refractivity contribution < 1.29 is 33.7 Å². The van der Waals surface area contributed by atoms with Gasteiger partial charge >= 0.3 is 0 Å². The number of morpholine rings is 1. The van der Waals surface area contributed by atoms with Crippen molar-refractivity contribution in [2.24, 2.45) is 11.7 Å². The lowest BCUT2D eigenvalue weighted by atomic mass is 9.93. The summed E-state index contributed by atoms with van der Waals surface area (Å²) in [7, 11) is 0. The average molecular weight is 566 g/mol. The Morgan fingerprint density at radius 3 is 2.37 bits per heavy atom. The summed E-state index contributed by atoms with van der Waals surface area (Å²) < 4.78 is 16.6. The Labute approximate surface area is 240 Å². The molecule has 0 bridgehead atoms. The maximum Gasteiger partial charge on any atom is 0.295 e. The lowest BCUT2D eigenvalue weighted by molar-refractivity contribution is -0.140. The highest BCUT2D eigenvalue weighted by atomic mass is 16.5. The van der Waals surface area contributed by atoms with E-state index in [1.54, 1.807) is 36.4 Å². The maximum absolute atomic E-state index is 13.4. The summed E-state index contributed by atoms with van der Waals surface area (Å²) in [5, 5.41) is 11.5. The highest BCUT2D eigenvalue weighted by molar-refractivity contribution is 6.46. The van der Waals surface area contributed by atoms with E-state index in [-0.39, 0.29) is 17.9 Å². The van der Waals surface area contributed by atoms with E-state index in [1.165, 1.54) is 4.90 Å². The molecule has 1 unspecified atom stereocenters. The lowest BCUT2D eigenvalue weighted by Gasteiger charge is -2.29. The van der Waals surface area contributed by atoms with Crippen LogP contribution in [0.25, 0.3) is 5.76 Å². The van der Waals surface area contributed by atoms with Crippen LogP contribution in [0.4, 0.5) is 0 Å². The van der Waals surface area contributed by atoms with Crippen molar-refractivity contribution >= 4 is 23.4 Å². The van der Waals surface area contributed by atoms with Crippen molar-refractivity contribution in [3.05, 3.63) is 64.7 Å². The fourth-order valence-electron chi connectivity index (χ4n) is 5.05. The standard InChI is InChI=1S/C31H39N3O7/c1-20(2)18-40-24-9-10-25(21(3)17-24)29(36)27-28(22-5-7-23(8-6-22)41-19-26(32)35)34(31(38)30(27)37)12-4-11-33-13-15-39-16-14-33/h5-10,17,20,28,36H,4,11-16,18-19H2,1-3H3,(H2,32,35)/b29-27+. The third kappa shape index (κ3) is 7.45. The van der Waals surface area contributed by atoms with E-state index in [1.807, 2.05) is 13.0 Å². The van der Waals surface area contributed by atoms with Crippen molar-refractivity contribution in [3.63, 3.8) is 0 Å². The molecule has 0 aromatic heterocycles. The Bertz CT molecular complexity index is 1280. The van der Waals surface area contributed by atoms with Gasteiger partial charge in [0, 0.05) is 31.7 Å². The SMILES string of the molecule is Cc1cc(OCC(C)C)ccc1/C(O)=C1\C(=O)C(=O)N(CCCN2CCOCC2)C1c1ccc(OCC(N)=O)cc1. The van der Waals surface area contributed by atoms with E-state index in [0.29, 0.717) is 61.3 Å². The molecule has 0 saturated carbocycles. The van der Waals surface area contributed by atoms with Gasteiger partial charge in [0.25, 0.3) is 17.6 Å². The number of amides is 2. The first kappa shape index (κ1) is 30.1. The number of carbonyl (C=O) groups excluding carboxylic acids is 3. The molecular weight excluding hydrogens is 526 g/mol. The second-order valence-electron chi connectivity index (χ2n) is 10.8. The van der Waals surface area contributed by atoms with Crippen LogP contribution >= 0.6 is 0 Å². The maximum atomic E-state index is 13.4. The van der Waals surface area contributed by atoms with E-state index in [9.17, 15) is 19.5 Å². The molecule has 2 aliphatic rings. The van der Waals surface area contributed by atoms with Crippen LogP contribution in [-0.2, 0) is 19.1 Å². The number of aliphatic hydroxyl groups excluding tert-OH is 1. The van der Waals surface area contributed by atoms with Crippen LogP contribution < -0.4 is 15.2 Å². The van der Waals surface area contributed by atoms with Crippen LogP contribution in [0.1, 0.15) is 43.0 Å². The zero-order valence-electron chi connectivity index (χ0n) is 23.9. The summed E-state index contributed by atoms with van der Waals surface area (Å²) >= 11 is 0. The molecule has 0 aliphatic carbocycles. The van der Waals surface area contributed by atoms with Gasteiger partial charge in [0.1, 0.15) is 17.3 Å². The van der Waals surface area contributed by atoms with Crippen LogP contribution in [0, 0.1) is 12.8 Å². The molecule has 220 valence electrons. The molecule has 2 aromatic rings. The third-order valence-electron chi connectivity index (χ3n) is 7.13. The number of ketones is 1. The van der Waals surface area contributed by atoms with Crippen molar-refractivity contribution in [3.8, 4) is 11.5 Å². The topological polar surface area (TPSA) is 132 Å². The van der Waals surface area contributed by atoms with Gasteiger partial charge in [-0.1, -0.05) is 26.0 Å². The van der Waals surface area contributed by atoms with Crippen molar-refractivity contribution in [1.82, 2.24) is 9.80 Å². The van der Waals surface area contributed by atoms with Crippen LogP contribution in [0.15, 0.2) is 48.0 Å². The van der Waals surface area contributed by atoms with Crippen molar-refractivity contribution in [2.75, 3.05) is 52.6 Å². The minimum absolute atomic E-state index is 0.0334. The van der Waals surface area contributed by atoms with Crippen molar-refractivity contribution in [2.45, 2.75) is 33.2 Å². The Balaban J connectivity index is 1.66. The number of hydrogen-bond acceptors (Lipinski definition) is 8. The zero-order chi connectivity index (χ0) is 29.5. The molecule has 2 amide bonds. The number of rotatable bonds is 12. The van der Waals surface area contributed by atoms with Gasteiger partial charge in [0.15, 0.2) is 6.61 Å². The minimum atomic E-state index is -0.791. The number of aliphatic hydroxyl groups is 1. The van der Waals surface area contributed by atoms with Gasteiger partial charge in [-0.15, -0.1) is 0 Å². The molecule has 2 fully saturated rings. The first-order valence-corrected chi connectivity index (χ1v) is 14.0. The Morgan fingerprint density at radius 1 is 1.05 bits per heavy atom. The first-order chi connectivity index (χ1) is 19.7. The number of hydrogen-bond donors (Lipinski definition) is 2. The summed E-state index contributed by atoms with van der Waals surface area (Å²) in [6, 6.07) is 11.2. The van der Waals surface area contributed by atoms with Crippen LogP contribution in [0.3, 0.4) is 0 Å². The molecule has 2 heterocycles. The predicted octanol–water partition coefficient (Wildman–Crippen LogP) is 3.04. The molecular formula is C31H39N3O7. The largest absolute Gasteiger partial charge is 0.507 e. The van der Waals surface area contributed by atoms with Gasteiger partial charge < -0.3 is 30.0 Å². The van der Waals surface area contributed by atoms with Crippen LogP contribution in [0.5, 0.6) is 11.5 Å². The molecule has 10 heteroatoms. The number of nitrogens with two attached hydrogens (primary N) is 1. The molecule has 2 aromatic carbocycles. The van der Waals surface area contributed by atoms with E-state index in [2.05, 4.69) is 18.7 Å². The quantitative estimate of drug-likeness (QED) is 0.228. The van der Waals surface area contributed by atoms with Gasteiger partial charge in [-0.3, -0.25) is 19.3 Å². The fourth-order valence-corrected chi connectivity index (χ4v) is 5.05. The Hall–Kier alpha value is -3.89. The molecule has 0 radical (unpaired) electrons. The molecule has 1 atom stereocenters. The number of likely N-dealkylation sites (tertiary alicyclic amines) is 1. The molecule has 2 aliphatic heterocycles. The molecule has 3 N–H and O–H groups in total. The number of aryl methyl sites for hydroxylation is 1. The van der Waals surface area contributed by atoms with E-state index < -0.39 is 23.6 Å². The number of ether oxygens (including phenoxy) is 3. The van der Waals surface area contributed by atoms with Crippen LogP contribution in [0.2, 0.25) is 0 Å². The van der Waals surface area contributed by atoms with Gasteiger partial charge in [-0.05, 0) is 60.7 Å². The zero-order valence-corrected chi connectivity index (χ0v) is 23.9. The number of nitrogens with zero attached hydrogens (tertiary/aromatic N) is 2. The smallest absolute Gasteiger partial charge is 0.295 e. The lowest BCUT2D eigenvalue weighted by Crippen LogP contribution is -2.38. The second kappa shape index (κ2) is 13.6. The van der Waals surface area contributed by atoms with E-state index in [0.717, 1.165) is 25.2 Å². The first-order valence-electron chi connectivity index (χ1n) is 14.0. The second-order valence-corrected chi connectivity index (χ2v) is 10.8. The fraction of sp³-hybridized carbons (Fsp3) is 0.452. The number of Topliss-reactive ketones (excluding diaryl/α,β-unsaturated/α-hetero) is 1. The van der Waals surface area contributed by atoms with Crippen molar-refractivity contribution in [1.29, 1.82) is 0 Å². The van der Waals surface area contributed by atoms with Gasteiger partial charge in [0.05, 0.1) is 31.4 Å². The number of benzene rings is 2. The Morgan fingerprint density at radius 2 is 1.73 bits per heavy atom. The normalized spacial score (nSPS) is 19.1. The van der Waals surface area contributed by atoms with Gasteiger partial charge in [-0.25, -0.2) is 0 Å². The summed E-state index contributed by atoms with van der Waals surface area (Å²) in [5.74, 6) is -0.765. The van der Waals surface area contributed by atoms with E-state index >= 15 is 0 Å². The summed E-state index contributed by atoms with van der Waals surface area (Å²) in [6.45, 7) is 10.3. The van der Waals surface area contributed by atoms with Crippen LogP contribution in [-0.4, -0.2) is 85.1 Å². The molecule has 4 rings (SSSR count). The Kier molecular flexibility index (Phi) is 10.0. The summed E-state index contributed by atoms with van der Waals surface area (Å²) in [4.78, 5) is 41.7. The highest BCUT2D eigenvalue weighted by Crippen LogP contribution is 2.40. The number of primary amides is 1. The van der Waals surface area contributed by atoms with Gasteiger partial charge in [-0.2, -0.15) is 0 Å². The number of carbonyl (C=O) groups is 3.